The second kappa shape index (κ2) is 4.61. The van der Waals surface area contributed by atoms with Crippen molar-refractivity contribution in [3.63, 3.8) is 0 Å². The molecule has 0 radical (unpaired) electrons. The Kier molecular flexibility index (Phi) is 3.68. The third-order valence-electron chi connectivity index (χ3n) is 2.14. The molecule has 0 bridgehead atoms. The molecule has 15 heavy (non-hydrogen) atoms. The van der Waals surface area contributed by atoms with Crippen LogP contribution in [0, 0.1) is 18.6 Å². The van der Waals surface area contributed by atoms with E-state index in [1.807, 2.05) is 0 Å². The first-order valence-electron chi connectivity index (χ1n) is 4.41. The van der Waals surface area contributed by atoms with Crippen molar-refractivity contribution in [3.05, 3.63) is 34.9 Å². The Labute approximate surface area is 84.9 Å². The fourth-order valence-corrected chi connectivity index (χ4v) is 1.27. The lowest BCUT2D eigenvalue weighted by atomic mass is 10.0. The van der Waals surface area contributed by atoms with Gasteiger partial charge < -0.3 is 5.73 Å². The van der Waals surface area contributed by atoms with Crippen molar-refractivity contribution >= 4 is 0 Å². The monoisotopic (exact) mass is 221 g/mol. The first-order valence-corrected chi connectivity index (χ1v) is 4.41. The molecule has 1 rings (SSSR count). The predicted octanol–water partition coefficient (Wildman–Crippen LogP) is 2.93. The molecule has 1 aromatic carbocycles. The average molecular weight is 221 g/mol. The van der Waals surface area contributed by atoms with Crippen LogP contribution in [-0.2, 0) is 0 Å². The number of benzene rings is 1. The minimum atomic E-state index is -2.64. The van der Waals surface area contributed by atoms with Crippen molar-refractivity contribution in [2.45, 2.75) is 25.8 Å². The predicted molar refractivity (Wildman–Crippen MR) is 48.6 cm³/mol. The number of aryl methyl sites for hydroxylation is 1. The first-order chi connectivity index (χ1) is 6.93. The Morgan fingerprint density at radius 3 is 2.33 bits per heavy atom. The summed E-state index contributed by atoms with van der Waals surface area (Å²) in [5.41, 5.74) is 5.24. The van der Waals surface area contributed by atoms with E-state index in [9.17, 15) is 17.6 Å². The summed E-state index contributed by atoms with van der Waals surface area (Å²) in [4.78, 5) is 0. The van der Waals surface area contributed by atoms with Gasteiger partial charge in [-0.05, 0) is 12.5 Å². The maximum absolute atomic E-state index is 13.3. The fraction of sp³-hybridized carbons (Fsp3) is 0.400. The van der Waals surface area contributed by atoms with Gasteiger partial charge in [-0.25, -0.2) is 17.6 Å². The van der Waals surface area contributed by atoms with E-state index in [0.29, 0.717) is 0 Å². The molecule has 0 fully saturated rings. The lowest BCUT2D eigenvalue weighted by molar-refractivity contribution is 0.128. The molecule has 0 unspecified atom stereocenters. The minimum absolute atomic E-state index is 0.125. The highest BCUT2D eigenvalue weighted by atomic mass is 19.3. The van der Waals surface area contributed by atoms with Gasteiger partial charge in [0.2, 0.25) is 6.43 Å². The molecule has 0 heterocycles. The van der Waals surface area contributed by atoms with Gasteiger partial charge in [0.1, 0.15) is 0 Å². The average Bonchev–Trinajstić information content (AvgIpc) is 2.13. The highest BCUT2D eigenvalue weighted by Crippen LogP contribution is 2.24. The molecule has 0 aliphatic heterocycles. The molecule has 1 aromatic rings. The van der Waals surface area contributed by atoms with E-state index in [-0.39, 0.29) is 11.1 Å². The van der Waals surface area contributed by atoms with Crippen LogP contribution < -0.4 is 5.73 Å². The lowest BCUT2D eigenvalue weighted by Gasteiger charge is -2.13. The van der Waals surface area contributed by atoms with E-state index >= 15 is 0 Å². The zero-order valence-corrected chi connectivity index (χ0v) is 8.11. The number of hydrogen-bond donors (Lipinski definition) is 1. The third kappa shape index (κ3) is 2.68. The van der Waals surface area contributed by atoms with Crippen molar-refractivity contribution < 1.29 is 17.6 Å². The quantitative estimate of drug-likeness (QED) is 0.780. The molecule has 84 valence electrons. The van der Waals surface area contributed by atoms with Gasteiger partial charge in [-0.15, -0.1) is 0 Å². The van der Waals surface area contributed by atoms with Gasteiger partial charge in [0, 0.05) is 18.0 Å². The number of nitrogens with two attached hydrogens (primary N) is 1. The Balaban J connectivity index is 3.00. The summed E-state index contributed by atoms with van der Waals surface area (Å²) in [6, 6.07) is 1.37. The van der Waals surface area contributed by atoms with E-state index < -0.39 is 30.5 Å². The van der Waals surface area contributed by atoms with Gasteiger partial charge in [0.25, 0.3) is 0 Å². The third-order valence-corrected chi connectivity index (χ3v) is 2.14. The summed E-state index contributed by atoms with van der Waals surface area (Å²) >= 11 is 0. The van der Waals surface area contributed by atoms with Gasteiger partial charge in [0.05, 0.1) is 0 Å². The summed E-state index contributed by atoms with van der Waals surface area (Å²) < 4.78 is 50.3. The van der Waals surface area contributed by atoms with Crippen LogP contribution in [0.15, 0.2) is 12.1 Å². The van der Waals surface area contributed by atoms with Gasteiger partial charge in [-0.1, -0.05) is 12.1 Å². The van der Waals surface area contributed by atoms with Crippen LogP contribution in [0.25, 0.3) is 0 Å². The molecule has 0 aliphatic carbocycles. The molecule has 0 aromatic heterocycles. The van der Waals surface area contributed by atoms with Gasteiger partial charge in [0.15, 0.2) is 11.6 Å². The molecular weight excluding hydrogens is 210 g/mol. The van der Waals surface area contributed by atoms with Crippen LogP contribution in [0.1, 0.15) is 23.6 Å². The molecule has 1 atom stereocenters. The van der Waals surface area contributed by atoms with Crippen LogP contribution in [0.4, 0.5) is 17.6 Å². The van der Waals surface area contributed by atoms with Crippen LogP contribution in [0.5, 0.6) is 0 Å². The lowest BCUT2D eigenvalue weighted by Crippen LogP contribution is -2.16. The van der Waals surface area contributed by atoms with Crippen molar-refractivity contribution in [2.75, 3.05) is 0 Å². The second-order valence-electron chi connectivity index (χ2n) is 3.33. The molecular formula is C10H11F4N. The number of halogens is 4. The Hall–Kier alpha value is -1.10. The molecule has 2 N–H and O–H groups in total. The number of rotatable bonds is 3. The smallest absolute Gasteiger partial charge is 0.240 e. The Bertz CT molecular complexity index is 352. The van der Waals surface area contributed by atoms with Crippen molar-refractivity contribution in [1.29, 1.82) is 0 Å². The standard InChI is InChI=1S/C10H11F4N/c1-5-2-3-6(10(14)9(5)13)7(15)4-8(11)12/h2-3,7-8H,4,15H2,1H3/t7-/m0/s1. The molecule has 1 nitrogen and oxygen atoms in total. The van der Waals surface area contributed by atoms with Crippen LogP contribution >= 0.6 is 0 Å². The van der Waals surface area contributed by atoms with Gasteiger partial charge in [-0.2, -0.15) is 0 Å². The molecule has 5 heteroatoms. The van der Waals surface area contributed by atoms with Crippen LogP contribution in [0.2, 0.25) is 0 Å². The highest BCUT2D eigenvalue weighted by Gasteiger charge is 2.19. The SMILES string of the molecule is Cc1ccc([C@@H](N)CC(F)F)c(F)c1F. The van der Waals surface area contributed by atoms with E-state index in [2.05, 4.69) is 0 Å². The Morgan fingerprint density at radius 1 is 1.20 bits per heavy atom. The van der Waals surface area contributed by atoms with E-state index in [4.69, 9.17) is 5.73 Å². The van der Waals surface area contributed by atoms with Gasteiger partial charge >= 0.3 is 0 Å². The first kappa shape index (κ1) is 12.0. The zero-order valence-electron chi connectivity index (χ0n) is 8.11. The van der Waals surface area contributed by atoms with Crippen molar-refractivity contribution in [2.24, 2.45) is 5.73 Å². The summed E-state index contributed by atoms with van der Waals surface area (Å²) in [7, 11) is 0. The Morgan fingerprint density at radius 2 is 1.80 bits per heavy atom. The number of alkyl halides is 2. The second-order valence-corrected chi connectivity index (χ2v) is 3.33. The fourth-order valence-electron chi connectivity index (χ4n) is 1.27. The largest absolute Gasteiger partial charge is 0.324 e. The summed E-state index contributed by atoms with van der Waals surface area (Å²) in [5.74, 6) is -2.17. The normalized spacial score (nSPS) is 13.3. The molecule has 0 saturated heterocycles. The van der Waals surface area contributed by atoms with Crippen molar-refractivity contribution in [1.82, 2.24) is 0 Å². The van der Waals surface area contributed by atoms with Crippen LogP contribution in [0.3, 0.4) is 0 Å². The molecule has 0 amide bonds. The number of hydrogen-bond acceptors (Lipinski definition) is 1. The van der Waals surface area contributed by atoms with Gasteiger partial charge in [-0.3, -0.25) is 0 Å². The summed E-state index contributed by atoms with van der Waals surface area (Å²) in [6.07, 6.45) is -3.32. The maximum Gasteiger partial charge on any atom is 0.240 e. The highest BCUT2D eigenvalue weighted by molar-refractivity contribution is 5.27. The van der Waals surface area contributed by atoms with E-state index in [1.54, 1.807) is 0 Å². The van der Waals surface area contributed by atoms with E-state index in [0.717, 1.165) is 0 Å². The zero-order chi connectivity index (χ0) is 11.6. The summed E-state index contributed by atoms with van der Waals surface area (Å²) in [5, 5.41) is 0. The molecule has 0 saturated carbocycles. The topological polar surface area (TPSA) is 26.0 Å². The van der Waals surface area contributed by atoms with Crippen molar-refractivity contribution in [3.8, 4) is 0 Å². The molecule has 0 spiro atoms. The minimum Gasteiger partial charge on any atom is -0.324 e. The van der Waals surface area contributed by atoms with Crippen LogP contribution in [-0.4, -0.2) is 6.43 Å². The van der Waals surface area contributed by atoms with E-state index in [1.165, 1.54) is 19.1 Å². The maximum atomic E-state index is 13.3. The molecule has 0 aliphatic rings. The summed E-state index contributed by atoms with van der Waals surface area (Å²) in [6.45, 7) is 1.39.